The van der Waals surface area contributed by atoms with E-state index in [9.17, 15) is 15.3 Å². The van der Waals surface area contributed by atoms with Crippen molar-refractivity contribution in [2.75, 3.05) is 30.4 Å². The molecule has 2 aromatic heterocycles. The van der Waals surface area contributed by atoms with Gasteiger partial charge in [-0.1, -0.05) is 6.42 Å². The van der Waals surface area contributed by atoms with Crippen LogP contribution < -0.4 is 20.1 Å². The molecular formula is C28H39N5O5. The zero-order valence-electron chi connectivity index (χ0n) is 22.2. The number of aryl methyl sites for hydroxylation is 2. The maximum absolute atomic E-state index is 10.7. The van der Waals surface area contributed by atoms with Gasteiger partial charge in [-0.15, -0.1) is 0 Å². The average Bonchev–Trinajstić information content (AvgIpc) is 3.54. The van der Waals surface area contributed by atoms with Crippen LogP contribution >= 0.6 is 0 Å². The number of pyridine rings is 1. The molecule has 0 bridgehead atoms. The minimum Gasteiger partial charge on any atom is -0.483 e. The molecule has 3 saturated carbocycles. The van der Waals surface area contributed by atoms with Gasteiger partial charge in [-0.25, -0.2) is 9.97 Å². The third kappa shape index (κ3) is 5.13. The van der Waals surface area contributed by atoms with Crippen LogP contribution in [0, 0.1) is 31.6 Å². The lowest BCUT2D eigenvalue weighted by atomic mass is 9.86. The summed E-state index contributed by atoms with van der Waals surface area (Å²) in [6.07, 6.45) is 4.90. The van der Waals surface area contributed by atoms with Crippen LogP contribution in [0.4, 0.5) is 11.8 Å². The van der Waals surface area contributed by atoms with Crippen LogP contribution in [0.3, 0.4) is 0 Å². The van der Waals surface area contributed by atoms with Crippen molar-refractivity contribution in [3.05, 3.63) is 28.6 Å². The number of anilines is 2. The molecular weight excluding hydrogens is 486 g/mol. The highest BCUT2D eigenvalue weighted by Crippen LogP contribution is 2.43. The van der Waals surface area contributed by atoms with Crippen molar-refractivity contribution in [2.45, 2.75) is 83.1 Å². The molecule has 6 rings (SSSR count). The molecule has 0 aromatic carbocycles. The van der Waals surface area contributed by atoms with Crippen molar-refractivity contribution in [1.82, 2.24) is 15.0 Å². The number of hydrogen-bond acceptors (Lipinski definition) is 10. The first-order valence-electron chi connectivity index (χ1n) is 14.1. The lowest BCUT2D eigenvalue weighted by molar-refractivity contribution is 0.00444. The quantitative estimate of drug-likeness (QED) is 0.314. The maximum Gasteiger partial charge on any atom is 0.224 e. The monoisotopic (exact) mass is 525 g/mol. The average molecular weight is 526 g/mol. The predicted molar refractivity (Wildman–Crippen MR) is 141 cm³/mol. The smallest absolute Gasteiger partial charge is 0.224 e. The number of aromatic nitrogens is 3. The summed E-state index contributed by atoms with van der Waals surface area (Å²) >= 11 is 0. The summed E-state index contributed by atoms with van der Waals surface area (Å²) in [6.45, 7) is 5.24. The van der Waals surface area contributed by atoms with Crippen molar-refractivity contribution < 1.29 is 24.8 Å². The van der Waals surface area contributed by atoms with Gasteiger partial charge in [0.05, 0.1) is 35.7 Å². The van der Waals surface area contributed by atoms with Crippen LogP contribution in [0.5, 0.6) is 11.6 Å². The fraction of sp³-hybridized carbons (Fsp3) is 0.679. The molecule has 2 aromatic rings. The first-order valence-corrected chi connectivity index (χ1v) is 14.1. The molecule has 206 valence electrons. The summed E-state index contributed by atoms with van der Waals surface area (Å²) in [4.78, 5) is 14.2. The highest BCUT2D eigenvalue weighted by Gasteiger charge is 2.42. The largest absolute Gasteiger partial charge is 0.483 e. The molecule has 0 saturated heterocycles. The summed E-state index contributed by atoms with van der Waals surface area (Å²) in [5.74, 6) is 3.43. The van der Waals surface area contributed by atoms with E-state index in [0.717, 1.165) is 34.8 Å². The highest BCUT2D eigenvalue weighted by molar-refractivity contribution is 5.55. The first-order chi connectivity index (χ1) is 18.4. The zero-order valence-corrected chi connectivity index (χ0v) is 22.2. The van der Waals surface area contributed by atoms with Gasteiger partial charge in [0, 0.05) is 37.1 Å². The Morgan fingerprint density at radius 2 is 1.84 bits per heavy atom. The Morgan fingerprint density at radius 3 is 2.53 bits per heavy atom. The number of fused-ring (bicyclic) bond motifs is 1. The van der Waals surface area contributed by atoms with Gasteiger partial charge in [0.25, 0.3) is 0 Å². The van der Waals surface area contributed by atoms with E-state index in [-0.39, 0.29) is 18.6 Å². The normalized spacial score (nSPS) is 28.5. The lowest BCUT2D eigenvalue weighted by Crippen LogP contribution is -2.36. The molecule has 3 heterocycles. The second-order valence-corrected chi connectivity index (χ2v) is 11.6. The highest BCUT2D eigenvalue weighted by atomic mass is 16.5. The molecule has 3 fully saturated rings. The topological polar surface area (TPSA) is 142 Å². The SMILES string of the molecule is Cc1nc(OCC2CCC2)cc2c1OC(c1c(C)nc(NCC3CC3)nc1N[C@@H]1C[C@H](CO)[C@@H](O)[C@H]1O)C2. The van der Waals surface area contributed by atoms with Gasteiger partial charge in [-0.05, 0) is 57.8 Å². The third-order valence-corrected chi connectivity index (χ3v) is 8.62. The van der Waals surface area contributed by atoms with Crippen LogP contribution in [-0.2, 0) is 6.42 Å². The third-order valence-electron chi connectivity index (χ3n) is 8.62. The molecule has 5 atom stereocenters. The van der Waals surface area contributed by atoms with Crippen LogP contribution in [0.15, 0.2) is 6.07 Å². The fourth-order valence-electron chi connectivity index (χ4n) is 5.83. The number of aliphatic hydroxyl groups is 3. The van der Waals surface area contributed by atoms with Crippen molar-refractivity contribution >= 4 is 11.8 Å². The van der Waals surface area contributed by atoms with E-state index in [2.05, 4.69) is 15.6 Å². The molecule has 1 unspecified atom stereocenters. The second-order valence-electron chi connectivity index (χ2n) is 11.6. The van der Waals surface area contributed by atoms with Gasteiger partial charge < -0.3 is 35.4 Å². The van der Waals surface area contributed by atoms with E-state index >= 15 is 0 Å². The maximum atomic E-state index is 10.7. The Morgan fingerprint density at radius 1 is 1.03 bits per heavy atom. The van der Waals surface area contributed by atoms with Gasteiger partial charge in [0.15, 0.2) is 0 Å². The number of rotatable bonds is 10. The van der Waals surface area contributed by atoms with E-state index in [4.69, 9.17) is 19.4 Å². The molecule has 10 nitrogen and oxygen atoms in total. The Balaban J connectivity index is 1.26. The molecule has 0 spiro atoms. The minimum atomic E-state index is -1.01. The van der Waals surface area contributed by atoms with Crippen LogP contribution in [0.25, 0.3) is 0 Å². The molecule has 10 heteroatoms. The first kappa shape index (κ1) is 25.6. The van der Waals surface area contributed by atoms with E-state index in [1.54, 1.807) is 0 Å². The number of nitrogens with one attached hydrogen (secondary N) is 2. The lowest BCUT2D eigenvalue weighted by Gasteiger charge is -2.24. The Bertz CT molecular complexity index is 1170. The standard InChI is InChI=1S/C28H39N5O5/c1-14-23(21-9-18-10-22(30-15(2)26(18)38-21)37-13-17-4-3-5-17)27(33-28(31-14)29-11-16-6-7-16)32-20-8-19(12-34)24(35)25(20)36/h10,16-17,19-21,24-25,34-36H,3-9,11-13H2,1-2H3,(H2,29,31,32,33)/t19-,20-,21?,24-,25+/m1/s1. The summed E-state index contributed by atoms with van der Waals surface area (Å²) in [6, 6.07) is 1.53. The van der Waals surface area contributed by atoms with E-state index in [1.165, 1.54) is 32.1 Å². The Hall–Kier alpha value is -2.69. The Kier molecular flexibility index (Phi) is 7.05. The van der Waals surface area contributed by atoms with Gasteiger partial charge in [-0.3, -0.25) is 0 Å². The van der Waals surface area contributed by atoms with Gasteiger partial charge in [0.2, 0.25) is 11.8 Å². The number of nitrogens with zero attached hydrogens (tertiary/aromatic N) is 3. The molecule has 5 N–H and O–H groups in total. The van der Waals surface area contributed by atoms with Gasteiger partial charge in [0.1, 0.15) is 23.8 Å². The molecule has 4 aliphatic rings. The molecule has 0 amide bonds. The van der Waals surface area contributed by atoms with E-state index in [1.807, 2.05) is 19.9 Å². The summed E-state index contributed by atoms with van der Waals surface area (Å²) < 4.78 is 12.5. The van der Waals surface area contributed by atoms with Crippen molar-refractivity contribution in [1.29, 1.82) is 0 Å². The van der Waals surface area contributed by atoms with Crippen LogP contribution in [0.1, 0.15) is 67.1 Å². The van der Waals surface area contributed by atoms with Crippen molar-refractivity contribution in [3.8, 4) is 11.6 Å². The predicted octanol–water partition coefficient (Wildman–Crippen LogP) is 2.68. The zero-order chi connectivity index (χ0) is 26.4. The number of ether oxygens (including phenoxy) is 2. The molecule has 0 radical (unpaired) electrons. The van der Waals surface area contributed by atoms with Crippen LogP contribution in [0.2, 0.25) is 0 Å². The van der Waals surface area contributed by atoms with Crippen molar-refractivity contribution in [2.24, 2.45) is 17.8 Å². The molecule has 3 aliphatic carbocycles. The number of hydrogen-bond donors (Lipinski definition) is 5. The van der Waals surface area contributed by atoms with E-state index in [0.29, 0.717) is 48.9 Å². The van der Waals surface area contributed by atoms with Gasteiger partial charge in [-0.2, -0.15) is 4.98 Å². The Labute approximate surface area is 223 Å². The fourth-order valence-corrected chi connectivity index (χ4v) is 5.83. The van der Waals surface area contributed by atoms with Gasteiger partial charge >= 0.3 is 0 Å². The minimum absolute atomic E-state index is 0.182. The second kappa shape index (κ2) is 10.5. The summed E-state index contributed by atoms with van der Waals surface area (Å²) in [7, 11) is 0. The summed E-state index contributed by atoms with van der Waals surface area (Å²) in [5, 5.41) is 37.4. The van der Waals surface area contributed by atoms with E-state index < -0.39 is 18.2 Å². The molecule has 1 aliphatic heterocycles. The number of aliphatic hydroxyl groups excluding tert-OH is 3. The molecule has 38 heavy (non-hydrogen) atoms. The van der Waals surface area contributed by atoms with Crippen molar-refractivity contribution in [3.63, 3.8) is 0 Å². The summed E-state index contributed by atoms with van der Waals surface area (Å²) in [5.41, 5.74) is 3.45. The van der Waals surface area contributed by atoms with Crippen LogP contribution in [-0.4, -0.2) is 68.3 Å².